The lowest BCUT2D eigenvalue weighted by atomic mass is 10.1. The van der Waals surface area contributed by atoms with Crippen molar-refractivity contribution in [2.45, 2.75) is 12.5 Å². The van der Waals surface area contributed by atoms with Gasteiger partial charge >= 0.3 is 6.03 Å². The molecule has 8 heteroatoms. The molecule has 2 heterocycles. The van der Waals surface area contributed by atoms with Crippen LogP contribution in [0.4, 0.5) is 10.5 Å². The highest BCUT2D eigenvalue weighted by Gasteiger charge is 2.39. The van der Waals surface area contributed by atoms with Crippen LogP contribution in [0, 0.1) is 0 Å². The van der Waals surface area contributed by atoms with Crippen molar-refractivity contribution in [2.75, 3.05) is 19.0 Å². The number of urea groups is 1. The third-order valence-corrected chi connectivity index (χ3v) is 4.88. The number of aromatic nitrogens is 1. The lowest BCUT2D eigenvalue weighted by molar-refractivity contribution is -0.130. The largest absolute Gasteiger partial charge is 0.497 e. The fourth-order valence-electron chi connectivity index (χ4n) is 3.40. The van der Waals surface area contributed by atoms with E-state index in [-0.39, 0.29) is 6.54 Å². The fourth-order valence-corrected chi connectivity index (χ4v) is 3.40. The van der Waals surface area contributed by atoms with Crippen LogP contribution in [0.15, 0.2) is 54.7 Å². The average molecular weight is 392 g/mol. The Hall–Kier alpha value is -3.81. The number of amides is 4. The van der Waals surface area contributed by atoms with Gasteiger partial charge in [-0.2, -0.15) is 0 Å². The third-order valence-electron chi connectivity index (χ3n) is 4.88. The van der Waals surface area contributed by atoms with Gasteiger partial charge in [0, 0.05) is 29.2 Å². The van der Waals surface area contributed by atoms with Crippen molar-refractivity contribution in [1.82, 2.24) is 15.2 Å². The smallest absolute Gasteiger partial charge is 0.325 e. The summed E-state index contributed by atoms with van der Waals surface area (Å²) in [5.41, 5.74) is 2.46. The molecule has 0 saturated carbocycles. The lowest BCUT2D eigenvalue weighted by Gasteiger charge is -2.13. The van der Waals surface area contributed by atoms with Gasteiger partial charge in [0.25, 0.3) is 5.91 Å². The summed E-state index contributed by atoms with van der Waals surface area (Å²) >= 11 is 0. The zero-order valence-electron chi connectivity index (χ0n) is 15.8. The molecule has 0 bridgehead atoms. The third kappa shape index (κ3) is 3.77. The van der Waals surface area contributed by atoms with Crippen LogP contribution in [-0.2, 0) is 16.0 Å². The Labute approximate surface area is 166 Å². The molecule has 0 aliphatic carbocycles. The molecule has 1 aromatic heterocycles. The minimum Gasteiger partial charge on any atom is -0.497 e. The van der Waals surface area contributed by atoms with Crippen LogP contribution in [0.25, 0.3) is 10.9 Å². The highest BCUT2D eigenvalue weighted by molar-refractivity contribution is 6.08. The number of hydrogen-bond acceptors (Lipinski definition) is 4. The van der Waals surface area contributed by atoms with E-state index in [9.17, 15) is 14.4 Å². The number of benzene rings is 2. The van der Waals surface area contributed by atoms with E-state index >= 15 is 0 Å². The Morgan fingerprint density at radius 2 is 1.90 bits per heavy atom. The molecule has 0 spiro atoms. The second-order valence-corrected chi connectivity index (χ2v) is 6.77. The van der Waals surface area contributed by atoms with E-state index in [1.54, 1.807) is 31.4 Å². The van der Waals surface area contributed by atoms with Crippen molar-refractivity contribution in [3.8, 4) is 5.75 Å². The number of imide groups is 1. The van der Waals surface area contributed by atoms with E-state index < -0.39 is 23.9 Å². The molecule has 1 aliphatic heterocycles. The topological polar surface area (TPSA) is 104 Å². The van der Waals surface area contributed by atoms with Gasteiger partial charge in [-0.15, -0.1) is 0 Å². The molecule has 1 atom stereocenters. The monoisotopic (exact) mass is 392 g/mol. The molecule has 148 valence electrons. The zero-order chi connectivity index (χ0) is 20.4. The first-order valence-corrected chi connectivity index (χ1v) is 9.16. The van der Waals surface area contributed by atoms with Crippen LogP contribution in [-0.4, -0.2) is 47.4 Å². The molecule has 1 fully saturated rings. The van der Waals surface area contributed by atoms with Gasteiger partial charge in [0.05, 0.1) is 7.11 Å². The number of ether oxygens (including phenoxy) is 1. The number of nitrogens with one attached hydrogen (secondary N) is 3. The SMILES string of the molecule is COc1ccc(NC(=O)CN2C(=O)N[C@H](Cc3c[nH]c4ccccc34)C2=O)cc1. The molecule has 8 nitrogen and oxygen atoms in total. The number of hydrogen-bond donors (Lipinski definition) is 3. The summed E-state index contributed by atoms with van der Waals surface area (Å²) in [6.07, 6.45) is 2.19. The van der Waals surface area contributed by atoms with Crippen molar-refractivity contribution in [3.05, 3.63) is 60.3 Å². The Kier molecular flexibility index (Phi) is 4.90. The number of rotatable bonds is 6. The molecule has 0 unspecified atom stereocenters. The molecular formula is C21H20N4O4. The van der Waals surface area contributed by atoms with E-state index in [0.29, 0.717) is 17.9 Å². The van der Waals surface area contributed by atoms with Crippen LogP contribution < -0.4 is 15.4 Å². The summed E-state index contributed by atoms with van der Waals surface area (Å²) in [6.45, 7) is -0.346. The average Bonchev–Trinajstić information content (AvgIpc) is 3.25. The number of fused-ring (bicyclic) bond motifs is 1. The number of carbonyl (C=O) groups excluding carboxylic acids is 3. The van der Waals surface area contributed by atoms with Crippen molar-refractivity contribution >= 4 is 34.4 Å². The highest BCUT2D eigenvalue weighted by Crippen LogP contribution is 2.21. The minimum atomic E-state index is -0.699. The van der Waals surface area contributed by atoms with Crippen LogP contribution >= 0.6 is 0 Å². The van der Waals surface area contributed by atoms with Crippen LogP contribution in [0.5, 0.6) is 5.75 Å². The standard InChI is InChI=1S/C21H20N4O4/c1-29-15-8-6-14(7-9-15)23-19(26)12-25-20(27)18(24-21(25)28)10-13-11-22-17-5-3-2-4-16(13)17/h2-9,11,18,22H,10,12H2,1H3,(H,23,26)(H,24,28)/t18-/m1/s1. The van der Waals surface area contributed by atoms with Crippen LogP contribution in [0.3, 0.4) is 0 Å². The molecule has 0 radical (unpaired) electrons. The molecular weight excluding hydrogens is 372 g/mol. The zero-order valence-corrected chi connectivity index (χ0v) is 15.8. The predicted octanol–water partition coefficient (Wildman–Crippen LogP) is 2.28. The van der Waals surface area contributed by atoms with Gasteiger partial charge in [-0.3, -0.25) is 14.5 Å². The molecule has 3 aromatic rings. The van der Waals surface area contributed by atoms with Gasteiger partial charge in [0.1, 0.15) is 18.3 Å². The van der Waals surface area contributed by atoms with E-state index in [1.165, 1.54) is 0 Å². The summed E-state index contributed by atoms with van der Waals surface area (Å²) in [7, 11) is 1.55. The number of H-pyrrole nitrogens is 1. The van der Waals surface area contributed by atoms with Gasteiger partial charge in [-0.25, -0.2) is 4.79 Å². The first-order valence-electron chi connectivity index (χ1n) is 9.16. The summed E-state index contributed by atoms with van der Waals surface area (Å²) in [6, 6.07) is 13.3. The lowest BCUT2D eigenvalue weighted by Crippen LogP contribution is -2.38. The Morgan fingerprint density at radius 3 is 2.66 bits per heavy atom. The first-order chi connectivity index (χ1) is 14.0. The minimum absolute atomic E-state index is 0.346. The number of nitrogens with zero attached hydrogens (tertiary/aromatic N) is 1. The normalized spacial score (nSPS) is 16.2. The van der Waals surface area contributed by atoms with Crippen molar-refractivity contribution in [2.24, 2.45) is 0 Å². The molecule has 1 saturated heterocycles. The number of methoxy groups -OCH3 is 1. The Morgan fingerprint density at radius 1 is 1.14 bits per heavy atom. The highest BCUT2D eigenvalue weighted by atomic mass is 16.5. The number of anilines is 1. The Balaban J connectivity index is 1.40. The molecule has 4 amide bonds. The first kappa shape index (κ1) is 18.5. The van der Waals surface area contributed by atoms with Crippen LogP contribution in [0.2, 0.25) is 0 Å². The van der Waals surface area contributed by atoms with Gasteiger partial charge in [-0.1, -0.05) is 18.2 Å². The van der Waals surface area contributed by atoms with Crippen molar-refractivity contribution < 1.29 is 19.1 Å². The van der Waals surface area contributed by atoms with E-state index in [1.807, 2.05) is 30.5 Å². The van der Waals surface area contributed by atoms with Crippen molar-refractivity contribution in [3.63, 3.8) is 0 Å². The molecule has 2 aromatic carbocycles. The van der Waals surface area contributed by atoms with E-state index in [0.717, 1.165) is 21.4 Å². The fraction of sp³-hybridized carbons (Fsp3) is 0.190. The summed E-state index contributed by atoms with van der Waals surface area (Å²) in [5, 5.41) is 6.35. The molecule has 29 heavy (non-hydrogen) atoms. The molecule has 3 N–H and O–H groups in total. The quantitative estimate of drug-likeness (QED) is 0.560. The van der Waals surface area contributed by atoms with Gasteiger partial charge in [0.2, 0.25) is 5.91 Å². The number of aromatic amines is 1. The molecule has 4 rings (SSSR count). The van der Waals surface area contributed by atoms with E-state index in [4.69, 9.17) is 4.74 Å². The Bertz CT molecular complexity index is 1070. The second-order valence-electron chi connectivity index (χ2n) is 6.77. The maximum Gasteiger partial charge on any atom is 0.325 e. The predicted molar refractivity (Wildman–Crippen MR) is 108 cm³/mol. The van der Waals surface area contributed by atoms with Gasteiger partial charge in [0.15, 0.2) is 0 Å². The second kappa shape index (κ2) is 7.67. The summed E-state index contributed by atoms with van der Waals surface area (Å²) in [5.74, 6) is -0.200. The maximum absolute atomic E-state index is 12.7. The maximum atomic E-state index is 12.7. The van der Waals surface area contributed by atoms with Gasteiger partial charge < -0.3 is 20.4 Å². The van der Waals surface area contributed by atoms with Crippen LogP contribution in [0.1, 0.15) is 5.56 Å². The van der Waals surface area contributed by atoms with Crippen molar-refractivity contribution in [1.29, 1.82) is 0 Å². The van der Waals surface area contributed by atoms with Gasteiger partial charge in [-0.05, 0) is 35.9 Å². The summed E-state index contributed by atoms with van der Waals surface area (Å²) in [4.78, 5) is 41.3. The van der Waals surface area contributed by atoms with E-state index in [2.05, 4.69) is 15.6 Å². The number of carbonyl (C=O) groups is 3. The summed E-state index contributed by atoms with van der Waals surface area (Å²) < 4.78 is 5.07. The number of para-hydroxylation sites is 1. The molecule has 1 aliphatic rings.